The van der Waals surface area contributed by atoms with E-state index in [1.165, 1.54) is 6.21 Å². The Hall–Kier alpha value is -3.19. The first-order valence-electron chi connectivity index (χ1n) is 10.6. The van der Waals surface area contributed by atoms with Crippen LogP contribution in [0, 0.1) is 38.6 Å². The molecule has 2 amide bonds. The van der Waals surface area contributed by atoms with Crippen LogP contribution in [0.1, 0.15) is 23.1 Å². The molecule has 2 aromatic carbocycles. The molecule has 33 heavy (non-hydrogen) atoms. The van der Waals surface area contributed by atoms with Gasteiger partial charge in [0.25, 0.3) is 11.8 Å². The SMILES string of the molecule is COc1cc(C=NN2C(=O)[C@@H]3[C@H](C2=O)[C@H]2C=C[C@H]3C2)cc(I)c1OCc1ccccc1C#N. The Labute approximate surface area is 204 Å². The second-order valence-electron chi connectivity index (χ2n) is 8.32. The molecule has 0 aromatic heterocycles. The van der Waals surface area contributed by atoms with Crippen LogP contribution in [0.25, 0.3) is 0 Å². The van der Waals surface area contributed by atoms with Crippen LogP contribution in [-0.2, 0) is 16.2 Å². The van der Waals surface area contributed by atoms with E-state index >= 15 is 0 Å². The van der Waals surface area contributed by atoms with E-state index in [2.05, 4.69) is 45.9 Å². The van der Waals surface area contributed by atoms with Crippen LogP contribution >= 0.6 is 22.6 Å². The van der Waals surface area contributed by atoms with Gasteiger partial charge in [0.05, 0.1) is 40.4 Å². The van der Waals surface area contributed by atoms with Crippen molar-refractivity contribution in [2.75, 3.05) is 7.11 Å². The molecule has 1 saturated heterocycles. The Morgan fingerprint density at radius 3 is 2.55 bits per heavy atom. The minimum atomic E-state index is -0.272. The van der Waals surface area contributed by atoms with Gasteiger partial charge in [-0.3, -0.25) is 9.59 Å². The number of amides is 2. The zero-order valence-electron chi connectivity index (χ0n) is 17.8. The maximum Gasteiger partial charge on any atom is 0.254 e. The number of rotatable bonds is 6. The molecule has 2 aliphatic carbocycles. The number of benzene rings is 2. The molecule has 0 radical (unpaired) electrons. The fourth-order valence-corrected chi connectivity index (χ4v) is 5.77. The molecule has 2 bridgehead atoms. The molecule has 8 heteroatoms. The number of nitrogens with zero attached hydrogens (tertiary/aromatic N) is 3. The van der Waals surface area contributed by atoms with Crippen molar-refractivity contribution in [2.45, 2.75) is 13.0 Å². The van der Waals surface area contributed by atoms with Crippen molar-refractivity contribution < 1.29 is 19.1 Å². The predicted octanol–water partition coefficient (Wildman–Crippen LogP) is 3.89. The summed E-state index contributed by atoms with van der Waals surface area (Å²) in [6.45, 7) is 0.222. The van der Waals surface area contributed by atoms with Crippen molar-refractivity contribution in [3.63, 3.8) is 0 Å². The molecule has 1 heterocycles. The number of carbonyl (C=O) groups excluding carboxylic acids is 2. The van der Waals surface area contributed by atoms with E-state index in [1.807, 2.05) is 24.3 Å². The Balaban J connectivity index is 1.34. The van der Waals surface area contributed by atoms with Crippen molar-refractivity contribution in [2.24, 2.45) is 28.8 Å². The topological polar surface area (TPSA) is 92.0 Å². The summed E-state index contributed by atoms with van der Waals surface area (Å²) >= 11 is 2.14. The molecule has 2 fully saturated rings. The number of imide groups is 1. The van der Waals surface area contributed by atoms with Gasteiger partial charge in [-0.1, -0.05) is 30.4 Å². The number of fused-ring (bicyclic) bond motifs is 5. The molecule has 2 aromatic rings. The normalized spacial score (nSPS) is 25.1. The third kappa shape index (κ3) is 3.70. The summed E-state index contributed by atoms with van der Waals surface area (Å²) in [5, 5.41) is 14.6. The summed E-state index contributed by atoms with van der Waals surface area (Å²) in [4.78, 5) is 25.6. The highest BCUT2D eigenvalue weighted by molar-refractivity contribution is 14.1. The largest absolute Gasteiger partial charge is 0.493 e. The van der Waals surface area contributed by atoms with E-state index in [0.29, 0.717) is 22.6 Å². The lowest BCUT2D eigenvalue weighted by Gasteiger charge is -2.14. The second-order valence-corrected chi connectivity index (χ2v) is 9.49. The number of hydrogen-bond acceptors (Lipinski definition) is 6. The maximum absolute atomic E-state index is 12.8. The molecule has 0 unspecified atom stereocenters. The summed E-state index contributed by atoms with van der Waals surface area (Å²) in [7, 11) is 1.54. The molecule has 0 N–H and O–H groups in total. The fourth-order valence-electron chi connectivity index (χ4n) is 4.98. The minimum Gasteiger partial charge on any atom is -0.493 e. The Bertz CT molecular complexity index is 1220. The quantitative estimate of drug-likeness (QED) is 0.234. The van der Waals surface area contributed by atoms with E-state index in [-0.39, 0.29) is 42.1 Å². The van der Waals surface area contributed by atoms with Crippen LogP contribution < -0.4 is 9.47 Å². The Kier molecular flexibility index (Phi) is 5.66. The molecule has 5 rings (SSSR count). The van der Waals surface area contributed by atoms with Gasteiger partial charge in [-0.25, -0.2) is 0 Å². The van der Waals surface area contributed by atoms with Crippen LogP contribution in [-0.4, -0.2) is 30.1 Å². The lowest BCUT2D eigenvalue weighted by Crippen LogP contribution is -2.28. The lowest BCUT2D eigenvalue weighted by atomic mass is 9.85. The van der Waals surface area contributed by atoms with Crippen molar-refractivity contribution in [1.82, 2.24) is 5.01 Å². The number of nitriles is 1. The molecule has 0 spiro atoms. The standard InChI is InChI=1S/C25H20IN3O4/c1-32-20-9-14(8-19(26)23(20)33-13-18-5-3-2-4-17(18)11-27)12-28-29-24(30)21-15-6-7-16(10-15)22(21)25(29)31/h2-9,12,15-16,21-22H,10,13H2,1H3/t15-,16-,21-,22+/m0/s1. The second kappa shape index (κ2) is 8.63. The van der Waals surface area contributed by atoms with Crippen LogP contribution in [0.15, 0.2) is 53.7 Å². The minimum absolute atomic E-state index is 0.153. The van der Waals surface area contributed by atoms with Gasteiger partial charge in [0.1, 0.15) is 6.61 Å². The summed E-state index contributed by atoms with van der Waals surface area (Å²) < 4.78 is 12.3. The van der Waals surface area contributed by atoms with Crippen LogP contribution in [0.5, 0.6) is 11.5 Å². The van der Waals surface area contributed by atoms with E-state index < -0.39 is 0 Å². The van der Waals surface area contributed by atoms with Gasteiger partial charge < -0.3 is 9.47 Å². The summed E-state index contributed by atoms with van der Waals surface area (Å²) in [6.07, 6.45) is 6.52. The molecule has 3 aliphatic rings. The zero-order valence-corrected chi connectivity index (χ0v) is 19.9. The van der Waals surface area contributed by atoms with Crippen LogP contribution in [0.3, 0.4) is 0 Å². The predicted molar refractivity (Wildman–Crippen MR) is 128 cm³/mol. The van der Waals surface area contributed by atoms with Crippen LogP contribution in [0.2, 0.25) is 0 Å². The first-order valence-corrected chi connectivity index (χ1v) is 11.7. The van der Waals surface area contributed by atoms with E-state index in [4.69, 9.17) is 9.47 Å². The molecule has 4 atom stereocenters. The third-order valence-electron chi connectivity index (χ3n) is 6.53. The first kappa shape index (κ1) is 21.6. The van der Waals surface area contributed by atoms with Gasteiger partial charge in [-0.2, -0.15) is 15.4 Å². The van der Waals surface area contributed by atoms with Crippen LogP contribution in [0.4, 0.5) is 0 Å². The number of halogens is 1. The molecule has 166 valence electrons. The van der Waals surface area contributed by atoms with Gasteiger partial charge in [-0.05, 0) is 64.6 Å². The third-order valence-corrected chi connectivity index (χ3v) is 7.33. The number of allylic oxidation sites excluding steroid dienone is 2. The highest BCUT2D eigenvalue weighted by atomic mass is 127. The molecule has 7 nitrogen and oxygen atoms in total. The summed E-state index contributed by atoms with van der Waals surface area (Å²) in [5.74, 6) is 0.384. The summed E-state index contributed by atoms with van der Waals surface area (Å²) in [6, 6.07) is 13.0. The fraction of sp³-hybridized carbons (Fsp3) is 0.280. The first-order chi connectivity index (χ1) is 16.0. The van der Waals surface area contributed by atoms with Crippen molar-refractivity contribution in [3.8, 4) is 17.6 Å². The monoisotopic (exact) mass is 553 g/mol. The van der Waals surface area contributed by atoms with Crippen molar-refractivity contribution in [3.05, 3.63) is 68.8 Å². The number of methoxy groups -OCH3 is 1. The van der Waals surface area contributed by atoms with Gasteiger partial charge in [-0.15, -0.1) is 0 Å². The molecular formula is C25H20IN3O4. The zero-order chi connectivity index (χ0) is 23.1. The van der Waals surface area contributed by atoms with E-state index in [0.717, 1.165) is 20.6 Å². The maximum atomic E-state index is 12.8. The Morgan fingerprint density at radius 1 is 1.18 bits per heavy atom. The summed E-state index contributed by atoms with van der Waals surface area (Å²) in [5.41, 5.74) is 2.02. The van der Waals surface area contributed by atoms with Gasteiger partial charge in [0.2, 0.25) is 0 Å². The number of hydrazone groups is 1. The number of hydrogen-bond donors (Lipinski definition) is 0. The molecular weight excluding hydrogens is 533 g/mol. The highest BCUT2D eigenvalue weighted by Gasteiger charge is 2.59. The number of carbonyl (C=O) groups is 2. The Morgan fingerprint density at radius 2 is 1.88 bits per heavy atom. The highest BCUT2D eigenvalue weighted by Crippen LogP contribution is 2.52. The van der Waals surface area contributed by atoms with Crippen molar-refractivity contribution in [1.29, 1.82) is 5.26 Å². The number of ether oxygens (including phenoxy) is 2. The van der Waals surface area contributed by atoms with Gasteiger partial charge in [0.15, 0.2) is 11.5 Å². The molecule has 1 aliphatic heterocycles. The lowest BCUT2D eigenvalue weighted by molar-refractivity contribution is -0.140. The van der Waals surface area contributed by atoms with E-state index in [9.17, 15) is 14.9 Å². The van der Waals surface area contributed by atoms with Crippen molar-refractivity contribution >= 4 is 40.6 Å². The average molecular weight is 553 g/mol. The van der Waals surface area contributed by atoms with Gasteiger partial charge >= 0.3 is 0 Å². The smallest absolute Gasteiger partial charge is 0.254 e. The van der Waals surface area contributed by atoms with E-state index in [1.54, 1.807) is 19.2 Å². The average Bonchev–Trinajstić information content (AvgIpc) is 3.51. The molecule has 1 saturated carbocycles. The van der Waals surface area contributed by atoms with Gasteiger partial charge in [0, 0.05) is 5.56 Å².